The van der Waals surface area contributed by atoms with Crippen molar-refractivity contribution in [1.29, 1.82) is 0 Å². The van der Waals surface area contributed by atoms with Crippen LogP contribution in [0.2, 0.25) is 0 Å². The minimum Gasteiger partial charge on any atom is -0.480 e. The monoisotopic (exact) mass is 262 g/mol. The second-order valence-electron chi connectivity index (χ2n) is 4.78. The Kier molecular flexibility index (Phi) is 2.80. The fourth-order valence-electron chi connectivity index (χ4n) is 1.96. The van der Waals surface area contributed by atoms with Crippen LogP contribution in [0.3, 0.4) is 0 Å². The Balaban J connectivity index is 1.87. The van der Waals surface area contributed by atoms with Gasteiger partial charge in [0.25, 0.3) is 0 Å². The second-order valence-corrected chi connectivity index (χ2v) is 5.84. The first kappa shape index (κ1) is 11.6. The van der Waals surface area contributed by atoms with Gasteiger partial charge in [-0.3, -0.25) is 4.79 Å². The summed E-state index contributed by atoms with van der Waals surface area (Å²) >= 11 is 1.74. The van der Waals surface area contributed by atoms with E-state index in [0.29, 0.717) is 12.3 Å². The molecule has 1 heterocycles. The van der Waals surface area contributed by atoms with Crippen LogP contribution in [-0.4, -0.2) is 22.1 Å². The number of benzene rings is 1. The van der Waals surface area contributed by atoms with E-state index in [0.717, 1.165) is 11.1 Å². The highest BCUT2D eigenvalue weighted by Crippen LogP contribution is 2.43. The molecule has 3 rings (SSSR count). The quantitative estimate of drug-likeness (QED) is 0.885. The van der Waals surface area contributed by atoms with Gasteiger partial charge in [-0.2, -0.15) is 0 Å². The van der Waals surface area contributed by atoms with Gasteiger partial charge in [0, 0.05) is 5.92 Å². The Labute approximate surface area is 108 Å². The van der Waals surface area contributed by atoms with Gasteiger partial charge in [-0.1, -0.05) is 6.07 Å². The van der Waals surface area contributed by atoms with E-state index >= 15 is 0 Å². The Morgan fingerprint density at radius 1 is 1.56 bits per heavy atom. The van der Waals surface area contributed by atoms with Crippen molar-refractivity contribution in [3.63, 3.8) is 0 Å². The number of hydrogen-bond acceptors (Lipinski definition) is 4. The number of carbonyl (C=O) groups is 1. The van der Waals surface area contributed by atoms with Crippen molar-refractivity contribution in [3.8, 4) is 0 Å². The number of aromatic nitrogens is 1. The maximum atomic E-state index is 10.7. The average Bonchev–Trinajstić information content (AvgIpc) is 3.09. The number of carboxylic acids is 1. The maximum Gasteiger partial charge on any atom is 0.320 e. The minimum absolute atomic E-state index is 0.349. The lowest BCUT2D eigenvalue weighted by atomic mass is 10.1. The van der Waals surface area contributed by atoms with Gasteiger partial charge < -0.3 is 10.8 Å². The van der Waals surface area contributed by atoms with Crippen LogP contribution in [0, 0.1) is 0 Å². The molecule has 1 aromatic carbocycles. The molecule has 0 aliphatic heterocycles. The number of aliphatic carboxylic acids is 1. The summed E-state index contributed by atoms with van der Waals surface area (Å²) < 4.78 is 1.17. The number of hydrogen-bond donors (Lipinski definition) is 2. The van der Waals surface area contributed by atoms with Gasteiger partial charge in [-0.05, 0) is 37.0 Å². The summed E-state index contributed by atoms with van der Waals surface area (Å²) in [6.07, 6.45) is 2.84. The van der Waals surface area contributed by atoms with Crippen molar-refractivity contribution in [2.24, 2.45) is 5.73 Å². The largest absolute Gasteiger partial charge is 0.480 e. The normalized spacial score (nSPS) is 16.9. The van der Waals surface area contributed by atoms with Crippen LogP contribution in [0.1, 0.15) is 29.3 Å². The molecule has 1 unspecified atom stereocenters. The van der Waals surface area contributed by atoms with Gasteiger partial charge in [-0.25, -0.2) is 4.98 Å². The summed E-state index contributed by atoms with van der Waals surface area (Å²) in [5.41, 5.74) is 7.44. The lowest BCUT2D eigenvalue weighted by molar-refractivity contribution is -0.138. The molecule has 1 aromatic heterocycles. The van der Waals surface area contributed by atoms with Gasteiger partial charge in [0.15, 0.2) is 0 Å². The predicted octanol–water partition coefficient (Wildman–Crippen LogP) is 2.13. The van der Waals surface area contributed by atoms with Gasteiger partial charge in [0.1, 0.15) is 6.04 Å². The number of rotatable bonds is 4. The Bertz CT molecular complexity index is 604. The van der Waals surface area contributed by atoms with Crippen LogP contribution in [0.4, 0.5) is 0 Å². The van der Waals surface area contributed by atoms with Gasteiger partial charge in [-0.15, -0.1) is 11.3 Å². The van der Waals surface area contributed by atoms with Gasteiger partial charge in [0.2, 0.25) is 0 Å². The van der Waals surface area contributed by atoms with Gasteiger partial charge >= 0.3 is 5.97 Å². The van der Waals surface area contributed by atoms with Crippen molar-refractivity contribution >= 4 is 27.5 Å². The summed E-state index contributed by atoms with van der Waals surface area (Å²) in [5, 5.41) is 10.0. The first-order valence-electron chi connectivity index (χ1n) is 6.01. The van der Waals surface area contributed by atoms with E-state index in [1.165, 1.54) is 22.5 Å². The fraction of sp³-hybridized carbons (Fsp3) is 0.385. The molecule has 0 saturated heterocycles. The molecule has 94 valence electrons. The van der Waals surface area contributed by atoms with Crippen molar-refractivity contribution < 1.29 is 9.90 Å². The maximum absolute atomic E-state index is 10.7. The van der Waals surface area contributed by atoms with E-state index in [9.17, 15) is 4.79 Å². The third kappa shape index (κ3) is 2.23. The molecule has 0 amide bonds. The standard InChI is InChI=1S/C13H14N2O2S/c14-9(13(16)17)5-7-1-4-11-10(6-7)15-12(18-11)8-2-3-8/h1,4,6,8-9H,2-3,5,14H2,(H,16,17). The number of fused-ring (bicyclic) bond motifs is 1. The van der Waals surface area contributed by atoms with Crippen LogP contribution < -0.4 is 5.73 Å². The average molecular weight is 262 g/mol. The molecule has 0 radical (unpaired) electrons. The molecule has 4 nitrogen and oxygen atoms in total. The zero-order valence-corrected chi connectivity index (χ0v) is 10.6. The summed E-state index contributed by atoms with van der Waals surface area (Å²) in [6.45, 7) is 0. The summed E-state index contributed by atoms with van der Waals surface area (Å²) in [6, 6.07) is 5.08. The molecule has 1 aliphatic carbocycles. The molecular formula is C13H14N2O2S. The molecule has 1 atom stereocenters. The van der Waals surface area contributed by atoms with E-state index in [2.05, 4.69) is 4.98 Å². The second kappa shape index (κ2) is 4.33. The minimum atomic E-state index is -0.966. The zero-order chi connectivity index (χ0) is 12.7. The zero-order valence-electron chi connectivity index (χ0n) is 9.80. The number of nitrogens with zero attached hydrogens (tertiary/aromatic N) is 1. The SMILES string of the molecule is NC(Cc1ccc2sc(C3CC3)nc2c1)C(=O)O. The predicted molar refractivity (Wildman–Crippen MR) is 70.9 cm³/mol. The number of thiazole rings is 1. The van der Waals surface area contributed by atoms with E-state index in [1.807, 2.05) is 18.2 Å². The fourth-order valence-corrected chi connectivity index (χ4v) is 3.08. The van der Waals surface area contributed by atoms with E-state index in [1.54, 1.807) is 11.3 Å². The highest BCUT2D eigenvalue weighted by atomic mass is 32.1. The van der Waals surface area contributed by atoms with Crippen molar-refractivity contribution in [1.82, 2.24) is 4.98 Å². The first-order valence-corrected chi connectivity index (χ1v) is 6.83. The van der Waals surface area contributed by atoms with Crippen molar-refractivity contribution in [2.45, 2.75) is 31.2 Å². The number of nitrogens with two attached hydrogens (primary N) is 1. The molecule has 1 saturated carbocycles. The first-order chi connectivity index (χ1) is 8.63. The Morgan fingerprint density at radius 2 is 2.33 bits per heavy atom. The summed E-state index contributed by atoms with van der Waals surface area (Å²) in [5.74, 6) is -0.306. The summed E-state index contributed by atoms with van der Waals surface area (Å²) in [7, 11) is 0. The van der Waals surface area contributed by atoms with Crippen LogP contribution in [0.5, 0.6) is 0 Å². The van der Waals surface area contributed by atoms with E-state index in [4.69, 9.17) is 10.8 Å². The molecule has 3 N–H and O–H groups in total. The molecule has 0 spiro atoms. The molecule has 1 aliphatic rings. The van der Waals surface area contributed by atoms with Crippen molar-refractivity contribution in [3.05, 3.63) is 28.8 Å². The highest BCUT2D eigenvalue weighted by molar-refractivity contribution is 7.18. The molecular weight excluding hydrogens is 248 g/mol. The Hall–Kier alpha value is -1.46. The van der Waals surface area contributed by atoms with Crippen LogP contribution in [0.15, 0.2) is 18.2 Å². The van der Waals surface area contributed by atoms with E-state index < -0.39 is 12.0 Å². The highest BCUT2D eigenvalue weighted by Gasteiger charge is 2.27. The molecule has 18 heavy (non-hydrogen) atoms. The van der Waals surface area contributed by atoms with Crippen LogP contribution in [0.25, 0.3) is 10.2 Å². The lowest BCUT2D eigenvalue weighted by Gasteiger charge is -2.05. The topological polar surface area (TPSA) is 76.2 Å². The van der Waals surface area contributed by atoms with E-state index in [-0.39, 0.29) is 0 Å². The lowest BCUT2D eigenvalue weighted by Crippen LogP contribution is -2.32. The molecule has 2 aromatic rings. The molecule has 1 fully saturated rings. The Morgan fingerprint density at radius 3 is 3.00 bits per heavy atom. The third-order valence-corrected chi connectivity index (χ3v) is 4.37. The molecule has 5 heteroatoms. The molecule has 0 bridgehead atoms. The summed E-state index contributed by atoms with van der Waals surface area (Å²) in [4.78, 5) is 15.3. The van der Waals surface area contributed by atoms with Crippen molar-refractivity contribution in [2.75, 3.05) is 0 Å². The smallest absolute Gasteiger partial charge is 0.320 e. The van der Waals surface area contributed by atoms with Crippen LogP contribution in [-0.2, 0) is 11.2 Å². The van der Waals surface area contributed by atoms with Crippen LogP contribution >= 0.6 is 11.3 Å². The third-order valence-electron chi connectivity index (χ3n) is 3.17. The van der Waals surface area contributed by atoms with Gasteiger partial charge in [0.05, 0.1) is 15.2 Å². The number of carboxylic acid groups (broad SMARTS) is 1.